The van der Waals surface area contributed by atoms with Gasteiger partial charge in [-0.2, -0.15) is 11.8 Å². The van der Waals surface area contributed by atoms with Crippen LogP contribution < -0.4 is 5.32 Å². The average Bonchev–Trinajstić information content (AvgIpc) is 2.59. The van der Waals surface area contributed by atoms with E-state index in [-0.39, 0.29) is 12.5 Å². The smallest absolute Gasteiger partial charge is 0.338 e. The number of thioether (sulfide) groups is 1. The molecule has 2 aromatic rings. The van der Waals surface area contributed by atoms with Crippen molar-refractivity contribution in [3.63, 3.8) is 0 Å². The Bertz CT molecular complexity index is 696. The quantitative estimate of drug-likeness (QED) is 0.580. The molecule has 0 saturated heterocycles. The summed E-state index contributed by atoms with van der Waals surface area (Å²) < 4.78 is 5.07. The maximum Gasteiger partial charge on any atom is 0.338 e. The molecule has 0 atom stereocenters. The molecular formula is C20H23NO3S. The van der Waals surface area contributed by atoms with Gasteiger partial charge in [-0.25, -0.2) is 4.79 Å². The van der Waals surface area contributed by atoms with Gasteiger partial charge in [0.1, 0.15) is 0 Å². The van der Waals surface area contributed by atoms with E-state index in [9.17, 15) is 9.59 Å². The molecule has 0 spiro atoms. The van der Waals surface area contributed by atoms with Gasteiger partial charge in [0.2, 0.25) is 0 Å². The second kappa shape index (κ2) is 9.89. The molecule has 0 saturated carbocycles. The number of carbonyl (C=O) groups is 2. The van der Waals surface area contributed by atoms with Gasteiger partial charge >= 0.3 is 5.97 Å². The summed E-state index contributed by atoms with van der Waals surface area (Å²) in [5, 5.41) is 2.76. The van der Waals surface area contributed by atoms with Crippen LogP contribution in [0.15, 0.2) is 48.5 Å². The minimum atomic E-state index is -0.472. The van der Waals surface area contributed by atoms with Gasteiger partial charge in [-0.1, -0.05) is 47.5 Å². The van der Waals surface area contributed by atoms with Crippen LogP contribution in [0.3, 0.4) is 0 Å². The van der Waals surface area contributed by atoms with Gasteiger partial charge in [0.25, 0.3) is 5.91 Å². The third-order valence-corrected chi connectivity index (χ3v) is 4.50. The number of esters is 1. The fourth-order valence-electron chi connectivity index (χ4n) is 2.38. The number of hydrogen-bond acceptors (Lipinski definition) is 4. The Kier molecular flexibility index (Phi) is 7.54. The highest BCUT2D eigenvalue weighted by Gasteiger charge is 2.10. The largest absolute Gasteiger partial charge is 0.452 e. The molecule has 0 aliphatic rings. The summed E-state index contributed by atoms with van der Waals surface area (Å²) in [5.41, 5.74) is 3.73. The first kappa shape index (κ1) is 19.1. The second-order valence-electron chi connectivity index (χ2n) is 5.84. The molecule has 0 unspecified atom stereocenters. The molecule has 0 radical (unpaired) electrons. The molecule has 4 nitrogen and oxygen atoms in total. The molecule has 0 bridgehead atoms. The molecule has 0 aliphatic carbocycles. The zero-order valence-corrected chi connectivity index (χ0v) is 15.4. The summed E-state index contributed by atoms with van der Waals surface area (Å²) in [5.74, 6) is 0.975. The summed E-state index contributed by atoms with van der Waals surface area (Å²) in [7, 11) is 0. The van der Waals surface area contributed by atoms with Gasteiger partial charge in [0.05, 0.1) is 5.56 Å². The number of hydrogen-bond donors (Lipinski definition) is 1. The predicted octanol–water partition coefficient (Wildman–Crippen LogP) is 3.51. The lowest BCUT2D eigenvalue weighted by atomic mass is 10.1. The van der Waals surface area contributed by atoms with Gasteiger partial charge in [0.15, 0.2) is 6.61 Å². The first-order chi connectivity index (χ1) is 12.0. The van der Waals surface area contributed by atoms with Crippen LogP contribution in [-0.2, 0) is 15.3 Å². The summed E-state index contributed by atoms with van der Waals surface area (Å²) in [6.45, 7) is 4.14. The van der Waals surface area contributed by atoms with Crippen LogP contribution in [0.1, 0.15) is 27.0 Å². The van der Waals surface area contributed by atoms with Crippen molar-refractivity contribution < 1.29 is 14.3 Å². The third-order valence-electron chi connectivity index (χ3n) is 3.47. The Morgan fingerprint density at radius 1 is 1.04 bits per heavy atom. The number of rotatable bonds is 8. The lowest BCUT2D eigenvalue weighted by Crippen LogP contribution is -2.30. The van der Waals surface area contributed by atoms with Gasteiger partial charge < -0.3 is 10.1 Å². The minimum absolute atomic E-state index is 0.255. The summed E-state index contributed by atoms with van der Waals surface area (Å²) >= 11 is 1.75. The van der Waals surface area contributed by atoms with Crippen LogP contribution in [0.25, 0.3) is 0 Å². The predicted molar refractivity (Wildman–Crippen MR) is 102 cm³/mol. The van der Waals surface area contributed by atoms with Crippen molar-refractivity contribution in [1.82, 2.24) is 5.32 Å². The van der Waals surface area contributed by atoms with Crippen molar-refractivity contribution in [2.75, 3.05) is 18.9 Å². The number of benzene rings is 2. The lowest BCUT2D eigenvalue weighted by molar-refractivity contribution is -0.124. The topological polar surface area (TPSA) is 55.4 Å². The SMILES string of the molecule is Cc1cc(C)cc(C(=O)OCC(=O)NCCSCc2ccccc2)c1. The van der Waals surface area contributed by atoms with Crippen LogP contribution in [0, 0.1) is 13.8 Å². The standard InChI is InChI=1S/C20H23NO3S/c1-15-10-16(2)12-18(11-15)20(23)24-13-19(22)21-8-9-25-14-17-6-4-3-5-7-17/h3-7,10-12H,8-9,13-14H2,1-2H3,(H,21,22). The molecule has 5 heteroatoms. The Morgan fingerprint density at radius 2 is 1.72 bits per heavy atom. The van der Waals surface area contributed by atoms with Gasteiger partial charge in [-0.05, 0) is 31.5 Å². The fourth-order valence-corrected chi connectivity index (χ4v) is 3.20. The Hall–Kier alpha value is -2.27. The highest BCUT2D eigenvalue weighted by atomic mass is 32.2. The van der Waals surface area contributed by atoms with E-state index in [1.54, 1.807) is 23.9 Å². The van der Waals surface area contributed by atoms with Crippen molar-refractivity contribution in [2.45, 2.75) is 19.6 Å². The van der Waals surface area contributed by atoms with E-state index in [0.717, 1.165) is 22.6 Å². The average molecular weight is 357 g/mol. The number of carbonyl (C=O) groups excluding carboxylic acids is 2. The molecule has 1 N–H and O–H groups in total. The molecule has 0 aliphatic heterocycles. The third kappa shape index (κ3) is 7.01. The molecule has 0 aromatic heterocycles. The summed E-state index contributed by atoms with van der Waals surface area (Å²) in [4.78, 5) is 23.7. The van der Waals surface area contributed by atoms with Gasteiger partial charge in [-0.3, -0.25) is 4.79 Å². The molecular weight excluding hydrogens is 334 g/mol. The van der Waals surface area contributed by atoms with E-state index in [1.165, 1.54) is 5.56 Å². The highest BCUT2D eigenvalue weighted by Crippen LogP contribution is 2.11. The first-order valence-corrected chi connectivity index (χ1v) is 9.34. The van der Waals surface area contributed by atoms with E-state index < -0.39 is 5.97 Å². The number of nitrogens with one attached hydrogen (secondary N) is 1. The van der Waals surface area contributed by atoms with E-state index in [1.807, 2.05) is 38.1 Å². The fraction of sp³-hybridized carbons (Fsp3) is 0.300. The van der Waals surface area contributed by atoms with E-state index in [4.69, 9.17) is 4.74 Å². The zero-order valence-electron chi connectivity index (χ0n) is 14.6. The van der Waals surface area contributed by atoms with E-state index in [0.29, 0.717) is 12.1 Å². The molecule has 1 amide bonds. The first-order valence-electron chi connectivity index (χ1n) is 8.18. The van der Waals surface area contributed by atoms with Gasteiger partial charge in [-0.15, -0.1) is 0 Å². The van der Waals surface area contributed by atoms with Crippen molar-refractivity contribution in [3.05, 3.63) is 70.8 Å². The molecule has 132 valence electrons. The minimum Gasteiger partial charge on any atom is -0.452 e. The zero-order chi connectivity index (χ0) is 18.1. The van der Waals surface area contributed by atoms with E-state index >= 15 is 0 Å². The number of amides is 1. The van der Waals surface area contributed by atoms with Crippen molar-refractivity contribution in [1.29, 1.82) is 0 Å². The normalized spacial score (nSPS) is 10.3. The van der Waals surface area contributed by atoms with Gasteiger partial charge in [0, 0.05) is 18.1 Å². The van der Waals surface area contributed by atoms with Crippen LogP contribution >= 0.6 is 11.8 Å². The van der Waals surface area contributed by atoms with Crippen LogP contribution in [0.2, 0.25) is 0 Å². The maximum atomic E-state index is 12.0. The molecule has 0 fully saturated rings. The maximum absolute atomic E-state index is 12.0. The molecule has 2 aromatic carbocycles. The Labute approximate surface area is 153 Å². The summed E-state index contributed by atoms with van der Waals surface area (Å²) in [6.07, 6.45) is 0. The van der Waals surface area contributed by atoms with Crippen LogP contribution in [-0.4, -0.2) is 30.8 Å². The monoisotopic (exact) mass is 357 g/mol. The Balaban J connectivity index is 1.62. The number of ether oxygens (including phenoxy) is 1. The van der Waals surface area contributed by atoms with E-state index in [2.05, 4.69) is 17.4 Å². The van der Waals surface area contributed by atoms with Crippen molar-refractivity contribution in [2.24, 2.45) is 0 Å². The van der Waals surface area contributed by atoms with Crippen LogP contribution in [0.5, 0.6) is 0 Å². The second-order valence-corrected chi connectivity index (χ2v) is 6.95. The highest BCUT2D eigenvalue weighted by molar-refractivity contribution is 7.98. The van der Waals surface area contributed by atoms with Crippen molar-refractivity contribution in [3.8, 4) is 0 Å². The van der Waals surface area contributed by atoms with Crippen molar-refractivity contribution >= 4 is 23.6 Å². The molecule has 25 heavy (non-hydrogen) atoms. The summed E-state index contributed by atoms with van der Waals surface area (Å²) in [6, 6.07) is 15.7. The lowest BCUT2D eigenvalue weighted by Gasteiger charge is -2.08. The molecule has 0 heterocycles. The number of aryl methyl sites for hydroxylation is 2. The Morgan fingerprint density at radius 3 is 2.40 bits per heavy atom. The van der Waals surface area contributed by atoms with Crippen LogP contribution in [0.4, 0.5) is 0 Å². The molecule has 2 rings (SSSR count).